The first-order chi connectivity index (χ1) is 8.74. The van der Waals surface area contributed by atoms with E-state index in [0.29, 0.717) is 4.83 Å². The molecule has 1 aromatic carbocycles. The van der Waals surface area contributed by atoms with Crippen LogP contribution in [0, 0.1) is 0 Å². The fourth-order valence-corrected chi connectivity index (χ4v) is 4.74. The van der Waals surface area contributed by atoms with Gasteiger partial charge in [0.2, 0.25) is 0 Å². The molecule has 2 rings (SSSR count). The van der Waals surface area contributed by atoms with E-state index in [1.807, 2.05) is 11.3 Å². The second-order valence-corrected chi connectivity index (χ2v) is 7.46. The molecule has 1 atom stereocenters. The molecule has 0 amide bonds. The molecule has 0 spiro atoms. The van der Waals surface area contributed by atoms with Crippen molar-refractivity contribution in [3.8, 4) is 0 Å². The van der Waals surface area contributed by atoms with Gasteiger partial charge < -0.3 is 0 Å². The lowest BCUT2D eigenvalue weighted by Crippen LogP contribution is -1.89. The summed E-state index contributed by atoms with van der Waals surface area (Å²) in [6, 6.07) is 6.47. The average Bonchev–Trinajstić information content (AvgIpc) is 2.80. The van der Waals surface area contributed by atoms with Crippen LogP contribution in [0.1, 0.15) is 49.4 Å². The summed E-state index contributed by atoms with van der Waals surface area (Å²) >= 11 is 9.32. The molecule has 0 saturated heterocycles. The minimum Gasteiger partial charge on any atom is -0.142 e. The van der Waals surface area contributed by atoms with Crippen LogP contribution in [0.4, 0.5) is 0 Å². The number of rotatable bonds is 6. The van der Waals surface area contributed by atoms with E-state index in [9.17, 15) is 0 Å². The molecular formula is C15H18Br2S. The Morgan fingerprint density at radius 3 is 2.83 bits per heavy atom. The Labute approximate surface area is 130 Å². The number of thiophene rings is 1. The number of benzene rings is 1. The minimum absolute atomic E-state index is 0.498. The van der Waals surface area contributed by atoms with Crippen LogP contribution in [0.15, 0.2) is 28.1 Å². The highest BCUT2D eigenvalue weighted by Gasteiger charge is 2.13. The third-order valence-electron chi connectivity index (χ3n) is 3.23. The first kappa shape index (κ1) is 14.5. The zero-order valence-electron chi connectivity index (χ0n) is 10.6. The van der Waals surface area contributed by atoms with Crippen LogP contribution >= 0.6 is 43.2 Å². The molecular weight excluding hydrogens is 372 g/mol. The summed E-state index contributed by atoms with van der Waals surface area (Å²) in [5, 5.41) is 3.70. The van der Waals surface area contributed by atoms with Gasteiger partial charge in [-0.2, -0.15) is 0 Å². The normalized spacial score (nSPS) is 13.1. The molecule has 0 saturated carbocycles. The molecule has 18 heavy (non-hydrogen) atoms. The summed E-state index contributed by atoms with van der Waals surface area (Å²) < 4.78 is 2.58. The van der Waals surface area contributed by atoms with Crippen LogP contribution < -0.4 is 0 Å². The van der Waals surface area contributed by atoms with E-state index in [1.165, 1.54) is 52.2 Å². The SMILES string of the molecule is CCCCCCC(Br)c1csc2c(Br)cccc12. The molecule has 1 unspecified atom stereocenters. The standard InChI is InChI=1S/C15H18Br2S/c1-2-3-4-5-8-13(16)12-10-18-15-11(12)7-6-9-14(15)17/h6-7,9-10,13H,2-5,8H2,1H3. The summed E-state index contributed by atoms with van der Waals surface area (Å²) in [6.45, 7) is 2.26. The van der Waals surface area contributed by atoms with Gasteiger partial charge in [0.25, 0.3) is 0 Å². The van der Waals surface area contributed by atoms with E-state index in [1.54, 1.807) is 0 Å². The molecule has 0 bridgehead atoms. The predicted octanol–water partition coefficient (Wildman–Crippen LogP) is 7.07. The van der Waals surface area contributed by atoms with E-state index in [2.05, 4.69) is 62.4 Å². The van der Waals surface area contributed by atoms with E-state index in [4.69, 9.17) is 0 Å². The summed E-state index contributed by atoms with van der Waals surface area (Å²) in [5.74, 6) is 0. The Hall–Kier alpha value is 0.140. The number of unbranched alkanes of at least 4 members (excludes halogenated alkanes) is 3. The van der Waals surface area contributed by atoms with Crippen LogP contribution in [0.2, 0.25) is 0 Å². The lowest BCUT2D eigenvalue weighted by molar-refractivity contribution is 0.631. The van der Waals surface area contributed by atoms with Crippen LogP contribution in [-0.2, 0) is 0 Å². The van der Waals surface area contributed by atoms with Gasteiger partial charge in [0.1, 0.15) is 0 Å². The maximum absolute atomic E-state index is 3.85. The van der Waals surface area contributed by atoms with Gasteiger partial charge in [-0.3, -0.25) is 0 Å². The zero-order valence-corrected chi connectivity index (χ0v) is 14.6. The number of alkyl halides is 1. The van der Waals surface area contributed by atoms with Crippen LogP contribution in [-0.4, -0.2) is 0 Å². The van der Waals surface area contributed by atoms with Crippen molar-refractivity contribution in [3.05, 3.63) is 33.6 Å². The minimum atomic E-state index is 0.498. The van der Waals surface area contributed by atoms with Crippen LogP contribution in [0.5, 0.6) is 0 Å². The number of hydrogen-bond acceptors (Lipinski definition) is 1. The maximum atomic E-state index is 3.85. The molecule has 0 N–H and O–H groups in total. The molecule has 0 nitrogen and oxygen atoms in total. The molecule has 0 aliphatic rings. The van der Waals surface area contributed by atoms with Gasteiger partial charge in [-0.25, -0.2) is 0 Å². The maximum Gasteiger partial charge on any atom is 0.0488 e. The second kappa shape index (κ2) is 7.06. The van der Waals surface area contributed by atoms with E-state index in [0.717, 1.165) is 0 Å². The van der Waals surface area contributed by atoms with E-state index >= 15 is 0 Å². The molecule has 1 heterocycles. The van der Waals surface area contributed by atoms with Gasteiger partial charge in [0, 0.05) is 14.0 Å². The lowest BCUT2D eigenvalue weighted by atomic mass is 10.0. The van der Waals surface area contributed by atoms with Crippen molar-refractivity contribution in [2.24, 2.45) is 0 Å². The second-order valence-electron chi connectivity index (χ2n) is 4.62. The molecule has 0 aliphatic carbocycles. The predicted molar refractivity (Wildman–Crippen MR) is 90.0 cm³/mol. The van der Waals surface area contributed by atoms with Gasteiger partial charge in [-0.1, -0.05) is 60.7 Å². The Kier molecular flexibility index (Phi) is 5.71. The van der Waals surface area contributed by atoms with Crippen LogP contribution in [0.25, 0.3) is 10.1 Å². The van der Waals surface area contributed by atoms with Gasteiger partial charge in [-0.15, -0.1) is 11.3 Å². The van der Waals surface area contributed by atoms with Crippen molar-refractivity contribution in [1.82, 2.24) is 0 Å². The zero-order chi connectivity index (χ0) is 13.0. The monoisotopic (exact) mass is 388 g/mol. The molecule has 98 valence electrons. The molecule has 0 fully saturated rings. The van der Waals surface area contributed by atoms with Crippen LogP contribution in [0.3, 0.4) is 0 Å². The summed E-state index contributed by atoms with van der Waals surface area (Å²) in [6.07, 6.45) is 6.56. The Morgan fingerprint density at radius 2 is 2.06 bits per heavy atom. The Bertz CT molecular complexity index is 504. The van der Waals surface area contributed by atoms with Crippen molar-refractivity contribution in [2.45, 2.75) is 43.9 Å². The fourth-order valence-electron chi connectivity index (χ4n) is 2.19. The van der Waals surface area contributed by atoms with Crippen molar-refractivity contribution in [3.63, 3.8) is 0 Å². The molecule has 0 radical (unpaired) electrons. The van der Waals surface area contributed by atoms with Gasteiger partial charge in [0.05, 0.1) is 0 Å². The molecule has 0 aliphatic heterocycles. The highest BCUT2D eigenvalue weighted by Crippen LogP contribution is 2.39. The summed E-state index contributed by atoms with van der Waals surface area (Å²) in [5.41, 5.74) is 1.45. The third kappa shape index (κ3) is 3.37. The first-order valence-corrected chi connectivity index (χ1v) is 9.12. The van der Waals surface area contributed by atoms with Crippen molar-refractivity contribution in [2.75, 3.05) is 0 Å². The molecule has 2 aromatic rings. The fraction of sp³-hybridized carbons (Fsp3) is 0.467. The molecule has 1 aromatic heterocycles. The quantitative estimate of drug-likeness (QED) is 0.366. The number of hydrogen-bond donors (Lipinski definition) is 0. The average molecular weight is 390 g/mol. The Balaban J connectivity index is 2.08. The molecule has 3 heteroatoms. The Morgan fingerprint density at radius 1 is 1.22 bits per heavy atom. The first-order valence-electron chi connectivity index (χ1n) is 6.53. The highest BCUT2D eigenvalue weighted by atomic mass is 79.9. The number of fused-ring (bicyclic) bond motifs is 1. The van der Waals surface area contributed by atoms with Gasteiger partial charge in [0.15, 0.2) is 0 Å². The number of halogens is 2. The van der Waals surface area contributed by atoms with Crippen molar-refractivity contribution < 1.29 is 0 Å². The smallest absolute Gasteiger partial charge is 0.0488 e. The topological polar surface area (TPSA) is 0 Å². The van der Waals surface area contributed by atoms with Crippen molar-refractivity contribution in [1.29, 1.82) is 0 Å². The largest absolute Gasteiger partial charge is 0.142 e. The third-order valence-corrected chi connectivity index (χ3v) is 6.15. The highest BCUT2D eigenvalue weighted by molar-refractivity contribution is 9.10. The van der Waals surface area contributed by atoms with Gasteiger partial charge in [-0.05, 0) is 44.7 Å². The lowest BCUT2D eigenvalue weighted by Gasteiger charge is -2.09. The van der Waals surface area contributed by atoms with E-state index in [-0.39, 0.29) is 0 Å². The van der Waals surface area contributed by atoms with E-state index < -0.39 is 0 Å². The summed E-state index contributed by atoms with van der Waals surface area (Å²) in [4.78, 5) is 0.498. The van der Waals surface area contributed by atoms with Crippen molar-refractivity contribution >= 4 is 53.3 Å². The van der Waals surface area contributed by atoms with Gasteiger partial charge >= 0.3 is 0 Å². The summed E-state index contributed by atoms with van der Waals surface area (Å²) in [7, 11) is 0.